The largest absolute Gasteiger partial charge is 0.249 e. The van der Waals surface area contributed by atoms with Gasteiger partial charge in [-0.1, -0.05) is 159 Å². The normalized spacial score (nSPS) is 11.8. The maximum Gasteiger partial charge on any atom is 0.123 e. The first-order valence-electron chi connectivity index (χ1n) is 20.1. The molecule has 6 heteroatoms. The molecule has 0 bridgehead atoms. The van der Waals surface area contributed by atoms with Crippen LogP contribution in [0.15, 0.2) is 36.7 Å². The second-order valence-corrected chi connectivity index (χ2v) is 18.8. The van der Waals surface area contributed by atoms with E-state index in [0.29, 0.717) is 0 Å². The monoisotopic (exact) mass is 746 g/mol. The fraction of sp³-hybridized carbons (Fsp3) is 0.591. The van der Waals surface area contributed by atoms with Gasteiger partial charge in [-0.05, 0) is 50.7 Å². The van der Waals surface area contributed by atoms with Crippen molar-refractivity contribution >= 4 is 54.7 Å². The highest BCUT2D eigenvalue weighted by Crippen LogP contribution is 2.51. The third-order valence-electron chi connectivity index (χ3n) is 10.1. The molecule has 0 N–H and O–H groups in total. The topological polar surface area (TPSA) is 25.8 Å². The quantitative estimate of drug-likeness (QED) is 0.0556. The number of hydrogen-bond donors (Lipinski definition) is 0. The maximum atomic E-state index is 4.96. The molecule has 0 amide bonds. The Morgan fingerprint density at radius 2 is 0.880 bits per heavy atom. The smallest absolute Gasteiger partial charge is 0.123 e. The summed E-state index contributed by atoms with van der Waals surface area (Å²) in [5.74, 6) is 0. The fourth-order valence-corrected chi connectivity index (χ4v) is 12.1. The Kier molecular flexibility index (Phi) is 17.0. The second kappa shape index (κ2) is 21.6. The average molecular weight is 747 g/mol. The predicted molar refractivity (Wildman–Crippen MR) is 228 cm³/mol. The van der Waals surface area contributed by atoms with Gasteiger partial charge in [0.1, 0.15) is 5.01 Å². The lowest BCUT2D eigenvalue weighted by Gasteiger charge is -2.05. The highest BCUT2D eigenvalue weighted by atomic mass is 32.1. The van der Waals surface area contributed by atoms with Crippen LogP contribution >= 0.6 is 45.3 Å². The number of nitrogens with zero attached hydrogens (tertiary/aromatic N) is 2. The maximum absolute atomic E-state index is 4.96. The molecule has 5 aromatic rings. The summed E-state index contributed by atoms with van der Waals surface area (Å²) in [7, 11) is 0. The van der Waals surface area contributed by atoms with Gasteiger partial charge < -0.3 is 0 Å². The van der Waals surface area contributed by atoms with E-state index < -0.39 is 0 Å². The standard InChI is InChI=1S/C44H62N2S4/c1-5-7-9-11-13-15-17-19-21-23-25-36-40(38-31-45-34(4)47-38)49-43-37(26-24-22-20-18-16-14-12-10-8-6-2)41(50-42(36)43)39-32-46-44(48-39)35-29-27-33(3)28-30-35/h27-32H,5-26H2,1-4H3. The molecule has 0 atom stereocenters. The molecule has 0 saturated carbocycles. The van der Waals surface area contributed by atoms with Crippen molar-refractivity contribution in [1.29, 1.82) is 0 Å². The molecule has 1 aromatic carbocycles. The highest BCUT2D eigenvalue weighted by Gasteiger charge is 2.24. The summed E-state index contributed by atoms with van der Waals surface area (Å²) in [5, 5.41) is 2.30. The van der Waals surface area contributed by atoms with E-state index in [4.69, 9.17) is 9.97 Å². The van der Waals surface area contributed by atoms with E-state index in [1.165, 1.54) is 177 Å². The third kappa shape index (κ3) is 11.6. The van der Waals surface area contributed by atoms with E-state index in [1.807, 2.05) is 22.7 Å². The van der Waals surface area contributed by atoms with Crippen LogP contribution in [0.1, 0.15) is 164 Å². The Morgan fingerprint density at radius 3 is 1.32 bits per heavy atom. The van der Waals surface area contributed by atoms with Crippen LogP contribution in [0.4, 0.5) is 0 Å². The fourth-order valence-electron chi connectivity index (χ4n) is 7.13. The highest BCUT2D eigenvalue weighted by molar-refractivity contribution is 7.34. The summed E-state index contributed by atoms with van der Waals surface area (Å²) in [6.07, 6.45) is 34.2. The summed E-state index contributed by atoms with van der Waals surface area (Å²) in [5.41, 5.74) is 5.71. The summed E-state index contributed by atoms with van der Waals surface area (Å²) in [6, 6.07) is 8.86. The van der Waals surface area contributed by atoms with Crippen LogP contribution in [0.3, 0.4) is 0 Å². The number of benzene rings is 1. The predicted octanol–water partition coefficient (Wildman–Crippen LogP) is 16.4. The van der Waals surface area contributed by atoms with E-state index in [9.17, 15) is 0 Å². The van der Waals surface area contributed by atoms with E-state index >= 15 is 0 Å². The molecule has 50 heavy (non-hydrogen) atoms. The van der Waals surface area contributed by atoms with E-state index in [0.717, 1.165) is 5.01 Å². The first-order valence-corrected chi connectivity index (χ1v) is 23.4. The summed E-state index contributed by atoms with van der Waals surface area (Å²) in [6.45, 7) is 8.92. The Hall–Kier alpha value is -1.86. The number of thiophene rings is 2. The molecule has 272 valence electrons. The molecule has 4 heterocycles. The van der Waals surface area contributed by atoms with E-state index in [2.05, 4.69) is 87.0 Å². The first-order chi connectivity index (χ1) is 24.6. The van der Waals surface area contributed by atoms with Gasteiger partial charge in [0.05, 0.1) is 24.5 Å². The van der Waals surface area contributed by atoms with Crippen molar-refractivity contribution in [2.75, 3.05) is 0 Å². The minimum absolute atomic E-state index is 1.13. The van der Waals surface area contributed by atoms with Gasteiger partial charge in [0.25, 0.3) is 0 Å². The SMILES string of the molecule is CCCCCCCCCCCCc1c(-c2cnc(C)s2)sc2c(CCCCCCCCCCCC)c(-c3cnc(-c4ccc(C)cc4)s3)sc12. The number of unbranched alkanes of at least 4 members (excludes halogenated alkanes) is 18. The molecular formula is C44H62N2S4. The van der Waals surface area contributed by atoms with Crippen LogP contribution in [0.5, 0.6) is 0 Å². The Balaban J connectivity index is 1.33. The molecule has 0 unspecified atom stereocenters. The van der Waals surface area contributed by atoms with Gasteiger partial charge in [-0.15, -0.1) is 45.3 Å². The molecule has 0 aliphatic rings. The van der Waals surface area contributed by atoms with Gasteiger partial charge in [0.15, 0.2) is 0 Å². The number of fused-ring (bicyclic) bond motifs is 1. The zero-order chi connectivity index (χ0) is 35.0. The zero-order valence-electron chi connectivity index (χ0n) is 31.5. The zero-order valence-corrected chi connectivity index (χ0v) is 34.8. The number of hydrogen-bond acceptors (Lipinski definition) is 6. The van der Waals surface area contributed by atoms with Gasteiger partial charge >= 0.3 is 0 Å². The van der Waals surface area contributed by atoms with Crippen molar-refractivity contribution in [3.05, 3.63) is 58.4 Å². The summed E-state index contributed by atoms with van der Waals surface area (Å²) in [4.78, 5) is 15.3. The molecule has 2 nitrogen and oxygen atoms in total. The number of rotatable bonds is 25. The van der Waals surface area contributed by atoms with Gasteiger partial charge in [-0.2, -0.15) is 0 Å². The van der Waals surface area contributed by atoms with Gasteiger partial charge in [0, 0.05) is 27.4 Å². The first kappa shape index (κ1) is 39.3. The molecule has 0 aliphatic heterocycles. The molecule has 0 aliphatic carbocycles. The van der Waals surface area contributed by atoms with Crippen LogP contribution < -0.4 is 0 Å². The lowest BCUT2D eigenvalue weighted by atomic mass is 10.0. The third-order valence-corrected chi connectivity index (χ3v) is 15.2. The Bertz CT molecular complexity index is 1670. The van der Waals surface area contributed by atoms with Crippen LogP contribution in [-0.2, 0) is 12.8 Å². The van der Waals surface area contributed by atoms with Gasteiger partial charge in [-0.3, -0.25) is 0 Å². The van der Waals surface area contributed by atoms with Crippen molar-refractivity contribution in [3.8, 4) is 30.1 Å². The Morgan fingerprint density at radius 1 is 0.460 bits per heavy atom. The summed E-state index contributed by atoms with van der Waals surface area (Å²) >= 11 is 7.88. The Labute approximate surface area is 320 Å². The molecule has 5 rings (SSSR count). The van der Waals surface area contributed by atoms with Crippen molar-refractivity contribution in [3.63, 3.8) is 0 Å². The molecular weight excluding hydrogens is 685 g/mol. The number of aromatic nitrogens is 2. The van der Waals surface area contributed by atoms with Crippen molar-refractivity contribution < 1.29 is 0 Å². The van der Waals surface area contributed by atoms with E-state index in [1.54, 1.807) is 20.5 Å². The van der Waals surface area contributed by atoms with Crippen LogP contribution in [0.25, 0.3) is 39.5 Å². The van der Waals surface area contributed by atoms with Crippen molar-refractivity contribution in [2.24, 2.45) is 0 Å². The van der Waals surface area contributed by atoms with Crippen LogP contribution in [0, 0.1) is 13.8 Å². The van der Waals surface area contributed by atoms with Gasteiger partial charge in [0.2, 0.25) is 0 Å². The van der Waals surface area contributed by atoms with Crippen molar-refractivity contribution in [2.45, 2.75) is 169 Å². The van der Waals surface area contributed by atoms with Crippen LogP contribution in [0.2, 0.25) is 0 Å². The molecule has 0 spiro atoms. The van der Waals surface area contributed by atoms with Crippen molar-refractivity contribution in [1.82, 2.24) is 9.97 Å². The molecule has 0 radical (unpaired) electrons. The molecule has 0 saturated heterocycles. The summed E-state index contributed by atoms with van der Waals surface area (Å²) < 4.78 is 3.10. The lowest BCUT2D eigenvalue weighted by Crippen LogP contribution is -1.87. The van der Waals surface area contributed by atoms with E-state index in [-0.39, 0.29) is 0 Å². The number of aryl methyl sites for hydroxylation is 4. The van der Waals surface area contributed by atoms with Gasteiger partial charge in [-0.25, -0.2) is 9.97 Å². The number of thiazole rings is 2. The minimum atomic E-state index is 1.13. The average Bonchev–Trinajstić information content (AvgIpc) is 3.92. The minimum Gasteiger partial charge on any atom is -0.249 e. The molecule has 4 aromatic heterocycles. The molecule has 0 fully saturated rings. The lowest BCUT2D eigenvalue weighted by molar-refractivity contribution is 0.556. The van der Waals surface area contributed by atoms with Crippen LogP contribution in [-0.4, -0.2) is 9.97 Å². The second-order valence-electron chi connectivity index (χ2n) is 14.5.